The average molecular weight is 320 g/mol. The van der Waals surface area contributed by atoms with Gasteiger partial charge in [-0.3, -0.25) is 10.00 Å². The highest BCUT2D eigenvalue weighted by Crippen LogP contribution is 2.21. The Bertz CT molecular complexity index is 692. The van der Waals surface area contributed by atoms with Gasteiger partial charge in [0.15, 0.2) is 0 Å². The Kier molecular flexibility index (Phi) is 4.88. The molecule has 0 aliphatic heterocycles. The molecule has 0 bridgehead atoms. The van der Waals surface area contributed by atoms with Crippen LogP contribution in [0.3, 0.4) is 0 Å². The molecule has 7 heteroatoms. The quantitative estimate of drug-likeness (QED) is 0.904. The molecule has 0 saturated heterocycles. The van der Waals surface area contributed by atoms with Gasteiger partial charge in [-0.15, -0.1) is 0 Å². The number of carbonyl (C=O) groups excluding carboxylic acids is 1. The number of rotatable bonds is 4. The molecule has 124 valence electrons. The lowest BCUT2D eigenvalue weighted by atomic mass is 10.2. The zero-order valence-electron chi connectivity index (χ0n) is 13.7. The number of halogens is 1. The van der Waals surface area contributed by atoms with Crippen LogP contribution in [0.1, 0.15) is 26.5 Å². The Labute approximate surface area is 134 Å². The number of aryl methyl sites for hydroxylation is 1. The molecule has 0 aliphatic rings. The fraction of sp³-hybridized carbons (Fsp3) is 0.375. The first kappa shape index (κ1) is 16.8. The first-order valence-corrected chi connectivity index (χ1v) is 7.25. The van der Waals surface area contributed by atoms with Crippen LogP contribution in [0.25, 0.3) is 0 Å². The lowest BCUT2D eigenvalue weighted by Crippen LogP contribution is -2.27. The van der Waals surface area contributed by atoms with Crippen LogP contribution in [0.15, 0.2) is 30.5 Å². The summed E-state index contributed by atoms with van der Waals surface area (Å²) in [5.74, 6) is -0.526. The highest BCUT2D eigenvalue weighted by atomic mass is 19.1. The predicted octanol–water partition coefficient (Wildman–Crippen LogP) is 3.52. The van der Waals surface area contributed by atoms with Crippen LogP contribution >= 0.6 is 0 Å². The summed E-state index contributed by atoms with van der Waals surface area (Å²) < 4.78 is 20.7. The second-order valence-corrected chi connectivity index (χ2v) is 6.12. The van der Waals surface area contributed by atoms with E-state index in [1.165, 1.54) is 12.1 Å². The highest BCUT2D eigenvalue weighted by molar-refractivity contribution is 5.85. The smallest absolute Gasteiger partial charge is 0.412 e. The van der Waals surface area contributed by atoms with E-state index in [9.17, 15) is 9.18 Å². The monoisotopic (exact) mass is 320 g/mol. The van der Waals surface area contributed by atoms with Crippen LogP contribution < -0.4 is 10.6 Å². The van der Waals surface area contributed by atoms with Crippen LogP contribution in [-0.4, -0.2) is 21.5 Å². The van der Waals surface area contributed by atoms with E-state index in [0.717, 1.165) is 5.69 Å². The van der Waals surface area contributed by atoms with Gasteiger partial charge in [0, 0.05) is 18.9 Å². The third-order valence-electron chi connectivity index (χ3n) is 3.00. The molecule has 1 aromatic heterocycles. The molecule has 1 amide bonds. The summed E-state index contributed by atoms with van der Waals surface area (Å²) in [6.45, 7) is 5.77. The molecule has 0 fully saturated rings. The van der Waals surface area contributed by atoms with Crippen molar-refractivity contribution in [3.63, 3.8) is 0 Å². The number of benzene rings is 1. The lowest BCUT2D eigenvalue weighted by molar-refractivity contribution is 0.0635. The maximum atomic E-state index is 13.8. The van der Waals surface area contributed by atoms with E-state index < -0.39 is 17.5 Å². The Hall–Kier alpha value is -2.57. The summed E-state index contributed by atoms with van der Waals surface area (Å²) in [5, 5.41) is 9.65. The first-order chi connectivity index (χ1) is 10.7. The number of aromatic nitrogens is 2. The van der Waals surface area contributed by atoms with Crippen molar-refractivity contribution in [2.75, 3.05) is 10.6 Å². The van der Waals surface area contributed by atoms with Crippen molar-refractivity contribution in [2.45, 2.75) is 32.9 Å². The molecule has 0 radical (unpaired) electrons. The number of hydrogen-bond acceptors (Lipinski definition) is 4. The Balaban J connectivity index is 2.03. The number of nitrogens with zero attached hydrogens (tertiary/aromatic N) is 2. The van der Waals surface area contributed by atoms with Crippen LogP contribution in [0, 0.1) is 5.82 Å². The van der Waals surface area contributed by atoms with Gasteiger partial charge in [-0.1, -0.05) is 0 Å². The number of anilines is 2. The van der Waals surface area contributed by atoms with Gasteiger partial charge in [0.2, 0.25) is 0 Å². The molecular formula is C16H21FN4O2. The van der Waals surface area contributed by atoms with Crippen molar-refractivity contribution in [3.8, 4) is 0 Å². The molecule has 6 nitrogen and oxygen atoms in total. The topological polar surface area (TPSA) is 68.2 Å². The fourth-order valence-corrected chi connectivity index (χ4v) is 1.91. The third kappa shape index (κ3) is 4.98. The highest BCUT2D eigenvalue weighted by Gasteiger charge is 2.17. The van der Waals surface area contributed by atoms with Crippen molar-refractivity contribution in [3.05, 3.63) is 42.0 Å². The van der Waals surface area contributed by atoms with Gasteiger partial charge in [0.25, 0.3) is 0 Å². The summed E-state index contributed by atoms with van der Waals surface area (Å²) in [6, 6.07) is 6.30. The summed E-state index contributed by atoms with van der Waals surface area (Å²) in [5.41, 5.74) is 1.08. The normalized spacial score (nSPS) is 11.2. The van der Waals surface area contributed by atoms with E-state index in [0.29, 0.717) is 12.2 Å². The number of hydrogen-bond donors (Lipinski definition) is 2. The van der Waals surface area contributed by atoms with Crippen molar-refractivity contribution in [1.29, 1.82) is 0 Å². The van der Waals surface area contributed by atoms with Gasteiger partial charge in [0.1, 0.15) is 11.4 Å². The van der Waals surface area contributed by atoms with Gasteiger partial charge < -0.3 is 10.1 Å². The van der Waals surface area contributed by atoms with E-state index in [4.69, 9.17) is 4.74 Å². The van der Waals surface area contributed by atoms with Gasteiger partial charge in [0.05, 0.1) is 17.9 Å². The molecule has 0 unspecified atom stereocenters. The second kappa shape index (κ2) is 6.68. The minimum absolute atomic E-state index is 0.0641. The molecule has 0 aliphatic carbocycles. The number of amides is 1. The summed E-state index contributed by atoms with van der Waals surface area (Å²) in [7, 11) is 1.84. The van der Waals surface area contributed by atoms with Gasteiger partial charge in [-0.05, 0) is 45.0 Å². The lowest BCUT2D eigenvalue weighted by Gasteiger charge is -2.20. The minimum atomic E-state index is -0.694. The Morgan fingerprint density at radius 3 is 2.70 bits per heavy atom. The summed E-state index contributed by atoms with van der Waals surface area (Å²) >= 11 is 0. The van der Waals surface area contributed by atoms with Crippen LogP contribution in [0.4, 0.5) is 20.6 Å². The van der Waals surface area contributed by atoms with E-state index >= 15 is 0 Å². The maximum Gasteiger partial charge on any atom is 0.412 e. The molecule has 2 rings (SSSR count). The summed E-state index contributed by atoms with van der Waals surface area (Å²) in [6.07, 6.45) is 1.01. The number of ether oxygens (including phenoxy) is 1. The molecule has 2 aromatic rings. The minimum Gasteiger partial charge on any atom is -0.444 e. The molecule has 2 N–H and O–H groups in total. The van der Waals surface area contributed by atoms with E-state index in [1.807, 2.05) is 13.1 Å². The van der Waals surface area contributed by atoms with Crippen molar-refractivity contribution in [2.24, 2.45) is 7.05 Å². The van der Waals surface area contributed by atoms with E-state index in [-0.39, 0.29) is 5.69 Å². The predicted molar refractivity (Wildman–Crippen MR) is 86.8 cm³/mol. The van der Waals surface area contributed by atoms with E-state index in [2.05, 4.69) is 15.7 Å². The Morgan fingerprint density at radius 2 is 2.09 bits per heavy atom. The number of carbonyl (C=O) groups is 1. The van der Waals surface area contributed by atoms with Crippen molar-refractivity contribution >= 4 is 17.5 Å². The second-order valence-electron chi connectivity index (χ2n) is 6.12. The molecular weight excluding hydrogens is 299 g/mol. The molecule has 1 aromatic carbocycles. The Morgan fingerprint density at radius 1 is 1.35 bits per heavy atom. The third-order valence-corrected chi connectivity index (χ3v) is 3.00. The molecule has 23 heavy (non-hydrogen) atoms. The van der Waals surface area contributed by atoms with Crippen molar-refractivity contribution < 1.29 is 13.9 Å². The van der Waals surface area contributed by atoms with Crippen LogP contribution in [0.5, 0.6) is 0 Å². The maximum absolute atomic E-state index is 13.8. The van der Waals surface area contributed by atoms with Crippen molar-refractivity contribution in [1.82, 2.24) is 9.78 Å². The molecule has 1 heterocycles. The van der Waals surface area contributed by atoms with Gasteiger partial charge in [-0.2, -0.15) is 5.10 Å². The molecule has 0 spiro atoms. The standard InChI is InChI=1S/C16H21FN4O2/c1-16(2,3)23-15(22)20-14-9-11(5-6-13(14)17)18-10-12-7-8-19-21(12)4/h5-9,18H,10H2,1-4H3,(H,20,22). The SMILES string of the molecule is Cn1nccc1CNc1ccc(F)c(NC(=O)OC(C)(C)C)c1. The molecule has 0 saturated carbocycles. The average Bonchev–Trinajstić information content (AvgIpc) is 2.83. The zero-order valence-corrected chi connectivity index (χ0v) is 13.7. The zero-order chi connectivity index (χ0) is 17.0. The van der Waals surface area contributed by atoms with Gasteiger partial charge >= 0.3 is 6.09 Å². The van der Waals surface area contributed by atoms with Crippen LogP contribution in [0.2, 0.25) is 0 Å². The van der Waals surface area contributed by atoms with Crippen LogP contribution in [-0.2, 0) is 18.3 Å². The number of nitrogens with one attached hydrogen (secondary N) is 2. The largest absolute Gasteiger partial charge is 0.444 e. The fourth-order valence-electron chi connectivity index (χ4n) is 1.91. The molecule has 0 atom stereocenters. The van der Waals surface area contributed by atoms with Gasteiger partial charge in [-0.25, -0.2) is 9.18 Å². The van der Waals surface area contributed by atoms with E-state index in [1.54, 1.807) is 37.7 Å². The summed E-state index contributed by atoms with van der Waals surface area (Å²) in [4.78, 5) is 11.7. The first-order valence-electron chi connectivity index (χ1n) is 7.25.